The van der Waals surface area contributed by atoms with Crippen molar-refractivity contribution in [3.05, 3.63) is 60.0 Å². The summed E-state index contributed by atoms with van der Waals surface area (Å²) in [6.45, 7) is 11.6. The third kappa shape index (κ3) is 6.60. The number of aromatic nitrogens is 2. The van der Waals surface area contributed by atoms with Gasteiger partial charge in [0.25, 0.3) is 0 Å². The number of thiophene rings is 1. The van der Waals surface area contributed by atoms with Gasteiger partial charge in [-0.25, -0.2) is 18.2 Å². The molecular weight excluding hydrogens is 573 g/mol. The molecule has 12 heteroatoms. The molecule has 2 N–H and O–H groups in total. The lowest BCUT2D eigenvalue weighted by Crippen LogP contribution is -2.50. The number of benzene rings is 2. The van der Waals surface area contributed by atoms with Gasteiger partial charge in [-0.2, -0.15) is 4.98 Å². The smallest absolute Gasteiger partial charge is 0.410 e. The van der Waals surface area contributed by atoms with Crippen molar-refractivity contribution in [2.75, 3.05) is 41.7 Å². The van der Waals surface area contributed by atoms with E-state index >= 15 is 0 Å². The number of carbonyl (C=O) groups is 1. The first-order valence-electron chi connectivity index (χ1n) is 13.9. The zero-order chi connectivity index (χ0) is 30.1. The van der Waals surface area contributed by atoms with Crippen LogP contribution < -0.4 is 15.5 Å². The van der Waals surface area contributed by atoms with E-state index in [1.54, 1.807) is 43.0 Å². The fraction of sp³-hybridized carbons (Fsp3) is 0.367. The van der Waals surface area contributed by atoms with Gasteiger partial charge in [0.1, 0.15) is 5.60 Å². The SMILES string of the molecule is CC(C)S(=O)(=O)c1ccccc1Nc1nc(Nc2ccc(N3CCN(C(=O)OC(C)(C)C)CC3)cc2)nc2ccsc12. The van der Waals surface area contributed by atoms with E-state index in [-0.39, 0.29) is 11.0 Å². The van der Waals surface area contributed by atoms with Crippen LogP contribution in [0, 0.1) is 0 Å². The van der Waals surface area contributed by atoms with Gasteiger partial charge in [0.15, 0.2) is 15.7 Å². The number of para-hydroxylation sites is 1. The number of rotatable bonds is 7. The number of ether oxygens (including phenoxy) is 1. The summed E-state index contributed by atoms with van der Waals surface area (Å²) in [5.41, 5.74) is 2.59. The van der Waals surface area contributed by atoms with Crippen LogP contribution in [-0.2, 0) is 14.6 Å². The number of amides is 1. The number of nitrogens with zero attached hydrogens (tertiary/aromatic N) is 4. The van der Waals surface area contributed by atoms with Crippen LogP contribution in [0.1, 0.15) is 34.6 Å². The highest BCUT2D eigenvalue weighted by Crippen LogP contribution is 2.33. The van der Waals surface area contributed by atoms with E-state index in [0.717, 1.165) is 21.6 Å². The van der Waals surface area contributed by atoms with E-state index in [0.29, 0.717) is 43.6 Å². The second kappa shape index (κ2) is 11.8. The van der Waals surface area contributed by atoms with E-state index in [4.69, 9.17) is 9.72 Å². The molecule has 5 rings (SSSR count). The molecule has 0 radical (unpaired) electrons. The molecule has 0 bridgehead atoms. The van der Waals surface area contributed by atoms with Gasteiger partial charge in [-0.15, -0.1) is 11.3 Å². The molecule has 0 aliphatic carbocycles. The van der Waals surface area contributed by atoms with Gasteiger partial charge < -0.3 is 25.2 Å². The number of piperazine rings is 1. The third-order valence-corrected chi connectivity index (χ3v) is 9.91. The Balaban J connectivity index is 1.30. The zero-order valence-electron chi connectivity index (χ0n) is 24.4. The summed E-state index contributed by atoms with van der Waals surface area (Å²) in [6, 6.07) is 16.8. The second-order valence-electron chi connectivity index (χ2n) is 11.4. The molecule has 10 nitrogen and oxygen atoms in total. The van der Waals surface area contributed by atoms with E-state index in [1.165, 1.54) is 11.3 Å². The maximum absolute atomic E-state index is 13.0. The van der Waals surface area contributed by atoms with Gasteiger partial charge in [0, 0.05) is 37.6 Å². The molecule has 3 heterocycles. The van der Waals surface area contributed by atoms with Crippen LogP contribution in [-0.4, -0.2) is 66.4 Å². The van der Waals surface area contributed by atoms with Crippen LogP contribution in [0.4, 0.5) is 33.6 Å². The minimum atomic E-state index is -3.50. The molecule has 4 aromatic rings. The van der Waals surface area contributed by atoms with Gasteiger partial charge in [-0.3, -0.25) is 0 Å². The quantitative estimate of drug-likeness (QED) is 0.245. The standard InChI is InChI=1S/C30H36N6O4S2/c1-20(2)42(38,39)25-9-7-6-8-23(25)32-27-26-24(14-19-41-26)33-28(34-27)31-21-10-12-22(13-11-21)35-15-17-36(18-16-35)29(37)40-30(3,4)5/h6-14,19-20H,15-18H2,1-5H3,(H2,31,32,33,34). The topological polar surface area (TPSA) is 117 Å². The van der Waals surface area contributed by atoms with Crippen molar-refractivity contribution < 1.29 is 17.9 Å². The number of sulfone groups is 1. The Morgan fingerprint density at radius 2 is 1.64 bits per heavy atom. The highest BCUT2D eigenvalue weighted by molar-refractivity contribution is 7.92. The maximum Gasteiger partial charge on any atom is 0.410 e. The van der Waals surface area contributed by atoms with Crippen molar-refractivity contribution >= 4 is 66.3 Å². The predicted molar refractivity (Wildman–Crippen MR) is 169 cm³/mol. The van der Waals surface area contributed by atoms with E-state index in [2.05, 4.69) is 20.5 Å². The molecule has 1 saturated heterocycles. The van der Waals surface area contributed by atoms with Crippen molar-refractivity contribution in [1.82, 2.24) is 14.9 Å². The Kier molecular flexibility index (Phi) is 8.29. The summed E-state index contributed by atoms with van der Waals surface area (Å²) in [4.78, 5) is 26.0. The van der Waals surface area contributed by atoms with Crippen molar-refractivity contribution in [3.8, 4) is 0 Å². The Labute approximate surface area is 250 Å². The molecule has 42 heavy (non-hydrogen) atoms. The van der Waals surface area contributed by atoms with Gasteiger partial charge in [0.2, 0.25) is 5.95 Å². The number of fused-ring (bicyclic) bond motifs is 1. The van der Waals surface area contributed by atoms with Crippen molar-refractivity contribution in [2.24, 2.45) is 0 Å². The molecule has 0 atom stereocenters. The lowest BCUT2D eigenvalue weighted by Gasteiger charge is -2.36. The van der Waals surface area contributed by atoms with Crippen molar-refractivity contribution in [3.63, 3.8) is 0 Å². The molecule has 0 unspecified atom stereocenters. The number of carbonyl (C=O) groups excluding carboxylic acids is 1. The molecule has 1 aliphatic heterocycles. The molecule has 222 valence electrons. The van der Waals surface area contributed by atoms with Crippen LogP contribution in [0.3, 0.4) is 0 Å². The summed E-state index contributed by atoms with van der Waals surface area (Å²) in [5.74, 6) is 0.926. The molecule has 0 spiro atoms. The van der Waals surface area contributed by atoms with E-state index < -0.39 is 20.7 Å². The van der Waals surface area contributed by atoms with E-state index in [1.807, 2.05) is 56.5 Å². The third-order valence-electron chi connectivity index (χ3n) is 6.79. The summed E-state index contributed by atoms with van der Waals surface area (Å²) in [5, 5.41) is 7.93. The predicted octanol–water partition coefficient (Wildman–Crippen LogP) is 6.42. The normalized spacial score (nSPS) is 14.3. The van der Waals surface area contributed by atoms with Gasteiger partial charge in [0.05, 0.1) is 26.0 Å². The first kappa shape index (κ1) is 29.6. The lowest BCUT2D eigenvalue weighted by atomic mass is 10.2. The Hall–Kier alpha value is -3.90. The van der Waals surface area contributed by atoms with Crippen LogP contribution in [0.2, 0.25) is 0 Å². The number of anilines is 5. The van der Waals surface area contributed by atoms with Gasteiger partial charge in [-0.1, -0.05) is 12.1 Å². The van der Waals surface area contributed by atoms with Gasteiger partial charge >= 0.3 is 6.09 Å². The van der Waals surface area contributed by atoms with Crippen molar-refractivity contribution in [2.45, 2.75) is 50.4 Å². The average molecular weight is 609 g/mol. The Morgan fingerprint density at radius 3 is 2.31 bits per heavy atom. The summed E-state index contributed by atoms with van der Waals surface area (Å²) < 4.78 is 32.3. The number of hydrogen-bond donors (Lipinski definition) is 2. The highest BCUT2D eigenvalue weighted by atomic mass is 32.2. The molecule has 1 aliphatic rings. The molecule has 2 aromatic carbocycles. The Morgan fingerprint density at radius 1 is 0.952 bits per heavy atom. The summed E-state index contributed by atoms with van der Waals surface area (Å²) >= 11 is 1.49. The molecule has 0 saturated carbocycles. The molecule has 2 aromatic heterocycles. The van der Waals surface area contributed by atoms with Crippen LogP contribution >= 0.6 is 11.3 Å². The number of hydrogen-bond acceptors (Lipinski definition) is 10. The Bertz CT molecular complexity index is 1670. The minimum absolute atomic E-state index is 0.236. The minimum Gasteiger partial charge on any atom is -0.444 e. The average Bonchev–Trinajstić information content (AvgIpc) is 3.42. The summed E-state index contributed by atoms with van der Waals surface area (Å²) in [7, 11) is -3.50. The van der Waals surface area contributed by atoms with Crippen LogP contribution in [0.25, 0.3) is 10.2 Å². The maximum atomic E-state index is 13.0. The summed E-state index contributed by atoms with van der Waals surface area (Å²) in [6.07, 6.45) is -0.275. The second-order valence-corrected chi connectivity index (χ2v) is 14.8. The van der Waals surface area contributed by atoms with Gasteiger partial charge in [-0.05, 0) is 82.5 Å². The van der Waals surface area contributed by atoms with Crippen LogP contribution in [0.15, 0.2) is 64.9 Å². The monoisotopic (exact) mass is 608 g/mol. The van der Waals surface area contributed by atoms with Crippen LogP contribution in [0.5, 0.6) is 0 Å². The first-order chi connectivity index (χ1) is 19.9. The molecular formula is C30H36N6O4S2. The number of nitrogens with one attached hydrogen (secondary N) is 2. The zero-order valence-corrected chi connectivity index (χ0v) is 26.1. The fourth-order valence-corrected chi connectivity index (χ4v) is 6.54. The molecule has 1 fully saturated rings. The lowest BCUT2D eigenvalue weighted by molar-refractivity contribution is 0.0240. The molecule has 1 amide bonds. The van der Waals surface area contributed by atoms with E-state index in [9.17, 15) is 13.2 Å². The largest absolute Gasteiger partial charge is 0.444 e. The highest BCUT2D eigenvalue weighted by Gasteiger charge is 2.26. The fourth-order valence-electron chi connectivity index (χ4n) is 4.56. The van der Waals surface area contributed by atoms with Crippen molar-refractivity contribution in [1.29, 1.82) is 0 Å². The first-order valence-corrected chi connectivity index (χ1v) is 16.3.